The number of hydrogen-bond acceptors (Lipinski definition) is 2. The summed E-state index contributed by atoms with van der Waals surface area (Å²) in [6, 6.07) is 0.772. The van der Waals surface area contributed by atoms with Gasteiger partial charge < -0.3 is 9.88 Å². The molecule has 0 atom stereocenters. The molecule has 3 heteroatoms. The Morgan fingerprint density at radius 2 is 2.12 bits per heavy atom. The van der Waals surface area contributed by atoms with Crippen molar-refractivity contribution in [2.24, 2.45) is 0 Å². The first-order valence-electron chi connectivity index (χ1n) is 7.12. The second kappa shape index (κ2) is 6.80. The number of aromatic nitrogens is 2. The topological polar surface area (TPSA) is 29.9 Å². The van der Waals surface area contributed by atoms with Gasteiger partial charge in [-0.15, -0.1) is 0 Å². The highest BCUT2D eigenvalue weighted by atomic mass is 15.1. The molecule has 17 heavy (non-hydrogen) atoms. The number of aryl methyl sites for hydroxylation is 1. The van der Waals surface area contributed by atoms with Gasteiger partial charge in [-0.25, -0.2) is 4.98 Å². The van der Waals surface area contributed by atoms with Gasteiger partial charge in [0, 0.05) is 25.3 Å². The molecule has 3 nitrogen and oxygen atoms in total. The summed E-state index contributed by atoms with van der Waals surface area (Å²) in [5, 5.41) is 3.49. The highest BCUT2D eigenvalue weighted by molar-refractivity contribution is 4.97. The van der Waals surface area contributed by atoms with Crippen molar-refractivity contribution in [1.29, 1.82) is 0 Å². The molecule has 0 aromatic carbocycles. The molecule has 1 aromatic heterocycles. The fraction of sp³-hybridized carbons (Fsp3) is 0.786. The summed E-state index contributed by atoms with van der Waals surface area (Å²) in [7, 11) is 0. The van der Waals surface area contributed by atoms with Gasteiger partial charge in [-0.05, 0) is 19.3 Å². The first-order valence-corrected chi connectivity index (χ1v) is 7.12. The minimum absolute atomic E-state index is 0.772. The summed E-state index contributed by atoms with van der Waals surface area (Å²) >= 11 is 0. The summed E-state index contributed by atoms with van der Waals surface area (Å²) in [5.41, 5.74) is 1.19. The van der Waals surface area contributed by atoms with Crippen LogP contribution in [0.2, 0.25) is 0 Å². The molecule has 96 valence electrons. The predicted molar refractivity (Wildman–Crippen MR) is 70.8 cm³/mol. The van der Waals surface area contributed by atoms with Crippen LogP contribution < -0.4 is 5.32 Å². The van der Waals surface area contributed by atoms with E-state index >= 15 is 0 Å². The van der Waals surface area contributed by atoms with Crippen molar-refractivity contribution < 1.29 is 0 Å². The van der Waals surface area contributed by atoms with E-state index in [9.17, 15) is 0 Å². The van der Waals surface area contributed by atoms with Crippen molar-refractivity contribution in [3.63, 3.8) is 0 Å². The minimum atomic E-state index is 0.772. The molecule has 1 fully saturated rings. The van der Waals surface area contributed by atoms with Crippen molar-refractivity contribution in [2.75, 3.05) is 0 Å². The van der Waals surface area contributed by atoms with E-state index in [1.807, 2.05) is 6.33 Å². The van der Waals surface area contributed by atoms with Gasteiger partial charge in [0.25, 0.3) is 0 Å². The Labute approximate surface area is 105 Å². The van der Waals surface area contributed by atoms with Crippen LogP contribution in [0.3, 0.4) is 0 Å². The molecule has 1 N–H and O–H groups in total. The molecule has 0 amide bonds. The predicted octanol–water partition coefficient (Wildman–Crippen LogP) is 3.11. The lowest BCUT2D eigenvalue weighted by atomic mass is 10.1. The van der Waals surface area contributed by atoms with Gasteiger partial charge in [-0.3, -0.25) is 0 Å². The lowest BCUT2D eigenvalue weighted by Crippen LogP contribution is -2.15. The monoisotopic (exact) mass is 235 g/mol. The van der Waals surface area contributed by atoms with E-state index in [0.29, 0.717) is 0 Å². The summed E-state index contributed by atoms with van der Waals surface area (Å²) in [6.07, 6.45) is 13.6. The van der Waals surface area contributed by atoms with Crippen LogP contribution in [0.5, 0.6) is 0 Å². The van der Waals surface area contributed by atoms with E-state index in [4.69, 9.17) is 0 Å². The van der Waals surface area contributed by atoms with Gasteiger partial charge in [0.15, 0.2) is 0 Å². The minimum Gasteiger partial charge on any atom is -0.337 e. The maximum Gasteiger partial charge on any atom is 0.0949 e. The molecule has 2 rings (SSSR count). The van der Waals surface area contributed by atoms with Gasteiger partial charge in [0.2, 0.25) is 0 Å². The van der Waals surface area contributed by atoms with Crippen LogP contribution in [0.4, 0.5) is 0 Å². The second-order valence-electron chi connectivity index (χ2n) is 5.17. The zero-order valence-electron chi connectivity index (χ0n) is 11.0. The third-order valence-corrected chi connectivity index (χ3v) is 3.36. The van der Waals surface area contributed by atoms with Gasteiger partial charge in [-0.2, -0.15) is 0 Å². The van der Waals surface area contributed by atoms with Crippen LogP contribution in [0.1, 0.15) is 57.6 Å². The van der Waals surface area contributed by atoms with Gasteiger partial charge in [-0.1, -0.05) is 32.6 Å². The summed E-state index contributed by atoms with van der Waals surface area (Å²) in [6.45, 7) is 4.32. The summed E-state index contributed by atoms with van der Waals surface area (Å²) in [5.74, 6) is 0. The Bertz CT molecular complexity index is 315. The number of rotatable bonds is 9. The first kappa shape index (κ1) is 12.6. The van der Waals surface area contributed by atoms with Crippen LogP contribution in [-0.4, -0.2) is 15.6 Å². The van der Waals surface area contributed by atoms with Crippen molar-refractivity contribution in [2.45, 2.75) is 71.0 Å². The second-order valence-corrected chi connectivity index (χ2v) is 5.17. The standard InChI is InChI=1S/C14H25N3/c1-2-3-4-5-6-9-17-11-14(16-12-17)10-15-13-7-8-13/h11-13,15H,2-10H2,1H3. The Hall–Kier alpha value is -0.830. The molecule has 1 aliphatic carbocycles. The van der Waals surface area contributed by atoms with E-state index in [0.717, 1.165) is 19.1 Å². The highest BCUT2D eigenvalue weighted by Crippen LogP contribution is 2.19. The van der Waals surface area contributed by atoms with Crippen LogP contribution in [-0.2, 0) is 13.1 Å². The molecule has 0 radical (unpaired) electrons. The van der Waals surface area contributed by atoms with Crippen LogP contribution in [0.15, 0.2) is 12.5 Å². The molecule has 1 heterocycles. The van der Waals surface area contributed by atoms with E-state index in [2.05, 4.69) is 28.0 Å². The summed E-state index contributed by atoms with van der Waals surface area (Å²) in [4.78, 5) is 4.43. The lowest BCUT2D eigenvalue weighted by Gasteiger charge is -2.01. The molecule has 1 aromatic rings. The maximum atomic E-state index is 4.43. The first-order chi connectivity index (χ1) is 8.38. The van der Waals surface area contributed by atoms with Crippen molar-refractivity contribution >= 4 is 0 Å². The average Bonchev–Trinajstić information content (AvgIpc) is 3.06. The van der Waals surface area contributed by atoms with Gasteiger partial charge >= 0.3 is 0 Å². The van der Waals surface area contributed by atoms with E-state index in [-0.39, 0.29) is 0 Å². The summed E-state index contributed by atoms with van der Waals surface area (Å²) < 4.78 is 2.23. The van der Waals surface area contributed by atoms with Crippen LogP contribution in [0, 0.1) is 0 Å². The molecule has 0 spiro atoms. The normalized spacial score (nSPS) is 15.4. The SMILES string of the molecule is CCCCCCCn1cnc(CNC2CC2)c1. The molecule has 0 aliphatic heterocycles. The number of nitrogens with one attached hydrogen (secondary N) is 1. The molecule has 0 bridgehead atoms. The van der Waals surface area contributed by atoms with E-state index < -0.39 is 0 Å². The van der Waals surface area contributed by atoms with Crippen molar-refractivity contribution in [3.8, 4) is 0 Å². The molecule has 0 unspecified atom stereocenters. The third kappa shape index (κ3) is 4.90. The van der Waals surface area contributed by atoms with Crippen molar-refractivity contribution in [1.82, 2.24) is 14.9 Å². The van der Waals surface area contributed by atoms with Gasteiger partial charge in [0.1, 0.15) is 0 Å². The Morgan fingerprint density at radius 1 is 1.29 bits per heavy atom. The van der Waals surface area contributed by atoms with Crippen LogP contribution >= 0.6 is 0 Å². The maximum absolute atomic E-state index is 4.43. The fourth-order valence-corrected chi connectivity index (χ4v) is 2.05. The highest BCUT2D eigenvalue weighted by Gasteiger charge is 2.20. The molecule has 1 saturated carbocycles. The average molecular weight is 235 g/mol. The Balaban J connectivity index is 1.59. The number of hydrogen-bond donors (Lipinski definition) is 1. The number of imidazole rings is 1. The quantitative estimate of drug-likeness (QED) is 0.667. The molecule has 0 saturated heterocycles. The lowest BCUT2D eigenvalue weighted by molar-refractivity contribution is 0.567. The zero-order chi connectivity index (χ0) is 11.9. The molecular weight excluding hydrogens is 210 g/mol. The van der Waals surface area contributed by atoms with Crippen molar-refractivity contribution in [3.05, 3.63) is 18.2 Å². The number of nitrogens with zero attached hydrogens (tertiary/aromatic N) is 2. The Kier molecular flexibility index (Phi) is 5.05. The Morgan fingerprint density at radius 3 is 2.88 bits per heavy atom. The molecular formula is C14H25N3. The number of unbranched alkanes of at least 4 members (excludes halogenated alkanes) is 4. The molecule has 1 aliphatic rings. The largest absolute Gasteiger partial charge is 0.337 e. The zero-order valence-corrected chi connectivity index (χ0v) is 11.0. The third-order valence-electron chi connectivity index (χ3n) is 3.36. The smallest absolute Gasteiger partial charge is 0.0949 e. The van der Waals surface area contributed by atoms with Gasteiger partial charge in [0.05, 0.1) is 12.0 Å². The fourth-order valence-electron chi connectivity index (χ4n) is 2.05. The van der Waals surface area contributed by atoms with E-state index in [1.165, 1.54) is 50.6 Å². The van der Waals surface area contributed by atoms with E-state index in [1.54, 1.807) is 0 Å². The van der Waals surface area contributed by atoms with Crippen LogP contribution in [0.25, 0.3) is 0 Å².